The number of rotatable bonds is 6. The van der Waals surface area contributed by atoms with Crippen LogP contribution in [0.25, 0.3) is 10.8 Å². The van der Waals surface area contributed by atoms with E-state index in [9.17, 15) is 10.1 Å². The first kappa shape index (κ1) is 19.8. The summed E-state index contributed by atoms with van der Waals surface area (Å²) >= 11 is 1.27. The van der Waals surface area contributed by atoms with Crippen molar-refractivity contribution in [2.45, 2.75) is 23.8 Å². The molecule has 0 unspecified atom stereocenters. The van der Waals surface area contributed by atoms with Gasteiger partial charge < -0.3 is 4.90 Å². The highest BCUT2D eigenvalue weighted by atomic mass is 32.2. The maximum absolute atomic E-state index is 12.1. The van der Waals surface area contributed by atoms with Crippen molar-refractivity contribution in [2.24, 2.45) is 0 Å². The fourth-order valence-electron chi connectivity index (χ4n) is 3.38. The first-order valence-corrected chi connectivity index (χ1v) is 10.4. The van der Waals surface area contributed by atoms with Crippen molar-refractivity contribution in [2.75, 3.05) is 11.4 Å². The second kappa shape index (κ2) is 8.51. The lowest BCUT2D eigenvalue weighted by Gasteiger charge is -2.23. The lowest BCUT2D eigenvalue weighted by Crippen LogP contribution is -2.19. The fraction of sp³-hybridized carbons (Fsp3) is 0.130. The Morgan fingerprint density at radius 3 is 2.47 bits per heavy atom. The van der Waals surface area contributed by atoms with Crippen molar-refractivity contribution in [1.82, 2.24) is 9.97 Å². The SMILES string of the molecule is CCN(c1ncnc(Sc2ccc(C)cc2)c1[N+](=O)[O-])c1cccc2ccccc12. The molecule has 0 N–H and O–H groups in total. The Morgan fingerprint density at radius 2 is 1.73 bits per heavy atom. The van der Waals surface area contributed by atoms with Gasteiger partial charge in [0, 0.05) is 16.8 Å². The van der Waals surface area contributed by atoms with Gasteiger partial charge >= 0.3 is 5.69 Å². The van der Waals surface area contributed by atoms with Crippen LogP contribution in [-0.2, 0) is 0 Å². The van der Waals surface area contributed by atoms with Crippen LogP contribution < -0.4 is 4.90 Å². The van der Waals surface area contributed by atoms with E-state index in [0.29, 0.717) is 17.4 Å². The first-order valence-electron chi connectivity index (χ1n) is 9.57. The van der Waals surface area contributed by atoms with Gasteiger partial charge in [-0.15, -0.1) is 0 Å². The van der Waals surface area contributed by atoms with Gasteiger partial charge in [0.15, 0.2) is 5.03 Å². The van der Waals surface area contributed by atoms with Crippen molar-refractivity contribution in [3.05, 3.63) is 88.7 Å². The third-order valence-electron chi connectivity index (χ3n) is 4.82. The monoisotopic (exact) mass is 416 g/mol. The molecule has 0 saturated heterocycles. The van der Waals surface area contributed by atoms with Gasteiger partial charge in [-0.25, -0.2) is 9.97 Å². The van der Waals surface area contributed by atoms with Crippen molar-refractivity contribution >= 4 is 39.7 Å². The van der Waals surface area contributed by atoms with Gasteiger partial charge in [-0.1, -0.05) is 65.9 Å². The Balaban J connectivity index is 1.84. The minimum absolute atomic E-state index is 0.0853. The van der Waals surface area contributed by atoms with Gasteiger partial charge in [-0.3, -0.25) is 10.1 Å². The van der Waals surface area contributed by atoms with Gasteiger partial charge in [0.1, 0.15) is 6.33 Å². The lowest BCUT2D eigenvalue weighted by atomic mass is 10.1. The molecule has 0 saturated carbocycles. The molecule has 0 radical (unpaired) electrons. The van der Waals surface area contributed by atoms with E-state index in [1.54, 1.807) is 0 Å². The molecule has 150 valence electrons. The molecule has 0 amide bonds. The number of nitrogens with zero attached hydrogens (tertiary/aromatic N) is 4. The van der Waals surface area contributed by atoms with E-state index in [4.69, 9.17) is 0 Å². The number of fused-ring (bicyclic) bond motifs is 1. The number of hydrogen-bond acceptors (Lipinski definition) is 6. The maximum atomic E-state index is 12.1. The van der Waals surface area contributed by atoms with Gasteiger partial charge in [0.25, 0.3) is 0 Å². The Morgan fingerprint density at radius 1 is 1.00 bits per heavy atom. The van der Waals surface area contributed by atoms with Crippen LogP contribution in [-0.4, -0.2) is 21.4 Å². The molecule has 0 aliphatic rings. The van der Waals surface area contributed by atoms with E-state index in [-0.39, 0.29) is 10.6 Å². The summed E-state index contributed by atoms with van der Waals surface area (Å²) in [5.74, 6) is 0.295. The van der Waals surface area contributed by atoms with E-state index in [1.807, 2.05) is 85.5 Å². The Hall–Kier alpha value is -3.45. The summed E-state index contributed by atoms with van der Waals surface area (Å²) in [4.78, 5) is 23.0. The van der Waals surface area contributed by atoms with Crippen LogP contribution in [0.2, 0.25) is 0 Å². The van der Waals surface area contributed by atoms with E-state index >= 15 is 0 Å². The van der Waals surface area contributed by atoms with Crippen molar-refractivity contribution in [1.29, 1.82) is 0 Å². The van der Waals surface area contributed by atoms with E-state index in [2.05, 4.69) is 9.97 Å². The highest BCUT2D eigenvalue weighted by Gasteiger charge is 2.28. The average molecular weight is 417 g/mol. The number of aromatic nitrogens is 2. The molecule has 0 atom stereocenters. The summed E-state index contributed by atoms with van der Waals surface area (Å²) in [7, 11) is 0. The molecule has 0 spiro atoms. The molecule has 30 heavy (non-hydrogen) atoms. The highest BCUT2D eigenvalue weighted by Crippen LogP contribution is 2.41. The fourth-order valence-corrected chi connectivity index (χ4v) is 4.24. The normalized spacial score (nSPS) is 10.9. The van der Waals surface area contributed by atoms with Crippen LogP contribution in [0.5, 0.6) is 0 Å². The molecule has 4 rings (SSSR count). The van der Waals surface area contributed by atoms with Crippen LogP contribution in [0.15, 0.2) is 83.0 Å². The quantitative estimate of drug-likeness (QED) is 0.213. The predicted octanol–water partition coefficient (Wildman–Crippen LogP) is 6.16. The molecule has 0 aliphatic heterocycles. The number of nitro groups is 1. The zero-order valence-corrected chi connectivity index (χ0v) is 17.5. The Bertz CT molecular complexity index is 1210. The van der Waals surface area contributed by atoms with E-state index < -0.39 is 0 Å². The smallest absolute Gasteiger partial charge is 0.320 e. The minimum atomic E-state index is -0.389. The van der Waals surface area contributed by atoms with Gasteiger partial charge in [-0.05, 0) is 37.4 Å². The molecule has 0 fully saturated rings. The zero-order valence-electron chi connectivity index (χ0n) is 16.6. The second-order valence-electron chi connectivity index (χ2n) is 6.77. The Labute approximate surface area is 178 Å². The lowest BCUT2D eigenvalue weighted by molar-refractivity contribution is -0.387. The predicted molar refractivity (Wildman–Crippen MR) is 121 cm³/mol. The molecule has 0 bridgehead atoms. The number of benzene rings is 3. The van der Waals surface area contributed by atoms with Crippen molar-refractivity contribution < 1.29 is 4.92 Å². The summed E-state index contributed by atoms with van der Waals surface area (Å²) in [6.07, 6.45) is 1.40. The highest BCUT2D eigenvalue weighted by molar-refractivity contribution is 7.99. The number of hydrogen-bond donors (Lipinski definition) is 0. The van der Waals surface area contributed by atoms with Crippen LogP contribution >= 0.6 is 11.8 Å². The molecule has 6 nitrogen and oxygen atoms in total. The molecule has 0 aliphatic carbocycles. The molecule has 7 heteroatoms. The van der Waals surface area contributed by atoms with Crippen LogP contribution in [0, 0.1) is 17.0 Å². The standard InChI is InChI=1S/C23H20N4O2S/c1-3-26(20-10-6-8-17-7-4-5-9-19(17)20)22-21(27(28)29)23(25-15-24-22)30-18-13-11-16(2)12-14-18/h4-15H,3H2,1-2H3. The molecule has 1 heterocycles. The summed E-state index contributed by atoms with van der Waals surface area (Å²) in [6.45, 7) is 4.49. The minimum Gasteiger partial charge on any atom is -0.320 e. The molecule has 1 aromatic heterocycles. The summed E-state index contributed by atoms with van der Waals surface area (Å²) in [5.41, 5.74) is 1.92. The number of anilines is 2. The summed E-state index contributed by atoms with van der Waals surface area (Å²) in [6, 6.07) is 21.8. The summed E-state index contributed by atoms with van der Waals surface area (Å²) in [5, 5.41) is 14.5. The third-order valence-corrected chi connectivity index (χ3v) is 5.82. The number of aryl methyl sites for hydroxylation is 1. The second-order valence-corrected chi connectivity index (χ2v) is 7.83. The Kier molecular flexibility index (Phi) is 5.63. The third kappa shape index (κ3) is 3.84. The molecular formula is C23H20N4O2S. The topological polar surface area (TPSA) is 72.2 Å². The largest absolute Gasteiger partial charge is 0.344 e. The van der Waals surface area contributed by atoms with Crippen molar-refractivity contribution in [3.63, 3.8) is 0 Å². The van der Waals surface area contributed by atoms with Gasteiger partial charge in [0.05, 0.1) is 10.6 Å². The molecular weight excluding hydrogens is 396 g/mol. The average Bonchev–Trinajstić information content (AvgIpc) is 2.76. The van der Waals surface area contributed by atoms with Crippen LogP contribution in [0.4, 0.5) is 17.2 Å². The summed E-state index contributed by atoms with van der Waals surface area (Å²) < 4.78 is 0. The first-order chi connectivity index (χ1) is 14.6. The maximum Gasteiger partial charge on any atom is 0.344 e. The van der Waals surface area contributed by atoms with Crippen LogP contribution in [0.1, 0.15) is 12.5 Å². The van der Waals surface area contributed by atoms with Crippen LogP contribution in [0.3, 0.4) is 0 Å². The van der Waals surface area contributed by atoms with Crippen molar-refractivity contribution in [3.8, 4) is 0 Å². The van der Waals surface area contributed by atoms with Gasteiger partial charge in [0.2, 0.25) is 5.82 Å². The van der Waals surface area contributed by atoms with Gasteiger partial charge in [-0.2, -0.15) is 0 Å². The zero-order chi connectivity index (χ0) is 21.1. The van der Waals surface area contributed by atoms with E-state index in [0.717, 1.165) is 26.9 Å². The molecule has 4 aromatic rings. The van der Waals surface area contributed by atoms with E-state index in [1.165, 1.54) is 18.1 Å². The molecule has 3 aromatic carbocycles.